The molecule has 0 bridgehead atoms. The second-order valence-electron chi connectivity index (χ2n) is 12.4. The van der Waals surface area contributed by atoms with E-state index in [0.717, 1.165) is 0 Å². The summed E-state index contributed by atoms with van der Waals surface area (Å²) in [7, 11) is 2.63. The SMILES string of the molecule is COc1cc(N(COC(C)[Si](C)(C)C)C(=O)N(C)c2cc(N(C(=O)OC(C)(C)C)c3ccccc3N)ncn2)c(Cl)c(OC)c1Cl. The van der Waals surface area contributed by atoms with Crippen molar-refractivity contribution in [3.8, 4) is 11.5 Å². The van der Waals surface area contributed by atoms with Crippen LogP contribution >= 0.6 is 23.2 Å². The van der Waals surface area contributed by atoms with E-state index in [9.17, 15) is 9.59 Å². The van der Waals surface area contributed by atoms with Gasteiger partial charge < -0.3 is 24.7 Å². The maximum Gasteiger partial charge on any atom is 0.420 e. The standard InChI is InChI=1S/C31H42Cl2N6O6Si/c1-19(46(8,9)10)44-18-38(22-15-23(42-6)27(33)28(43-7)26(22)32)29(40)37(5)24-16-25(36-17-35-24)39(30(41)45-31(2,3)4)21-14-12-11-13-20(21)34/h11-17,19H,18,34H2,1-10H3. The average Bonchev–Trinajstić information content (AvgIpc) is 2.97. The van der Waals surface area contributed by atoms with Crippen molar-refractivity contribution in [3.05, 3.63) is 52.8 Å². The molecule has 12 nitrogen and oxygen atoms in total. The number of anilines is 5. The van der Waals surface area contributed by atoms with E-state index in [0.29, 0.717) is 11.4 Å². The Kier molecular flexibility index (Phi) is 11.8. The van der Waals surface area contributed by atoms with E-state index in [1.165, 1.54) is 54.4 Å². The molecule has 0 aliphatic carbocycles. The first-order valence-electron chi connectivity index (χ1n) is 14.4. The zero-order valence-corrected chi connectivity index (χ0v) is 30.4. The fourth-order valence-electron chi connectivity index (χ4n) is 4.00. The van der Waals surface area contributed by atoms with E-state index in [-0.39, 0.29) is 51.3 Å². The molecular formula is C31H42Cl2N6O6Si. The van der Waals surface area contributed by atoms with Gasteiger partial charge in [0.05, 0.1) is 39.4 Å². The van der Waals surface area contributed by atoms with Crippen molar-refractivity contribution in [2.24, 2.45) is 0 Å². The Morgan fingerprint density at radius 2 is 1.61 bits per heavy atom. The Bertz CT molecular complexity index is 1570. The lowest BCUT2D eigenvalue weighted by atomic mass is 10.2. The molecule has 0 fully saturated rings. The third-order valence-electron chi connectivity index (χ3n) is 6.98. The molecule has 3 amide bonds. The molecule has 250 valence electrons. The predicted molar refractivity (Wildman–Crippen MR) is 186 cm³/mol. The van der Waals surface area contributed by atoms with Gasteiger partial charge in [-0.25, -0.2) is 24.5 Å². The first-order valence-corrected chi connectivity index (χ1v) is 18.7. The van der Waals surface area contributed by atoms with Crippen molar-refractivity contribution in [3.63, 3.8) is 0 Å². The normalized spacial score (nSPS) is 12.3. The number of carbonyl (C=O) groups excluding carboxylic acids is 2. The number of methoxy groups -OCH3 is 2. The van der Waals surface area contributed by atoms with Gasteiger partial charge in [-0.1, -0.05) is 55.0 Å². The van der Waals surface area contributed by atoms with E-state index in [1.54, 1.807) is 45.0 Å². The first kappa shape index (κ1) is 36.7. The predicted octanol–water partition coefficient (Wildman–Crippen LogP) is 7.76. The van der Waals surface area contributed by atoms with Gasteiger partial charge in [0.1, 0.15) is 46.1 Å². The summed E-state index contributed by atoms with van der Waals surface area (Å²) < 4.78 is 22.8. The summed E-state index contributed by atoms with van der Waals surface area (Å²) in [6.07, 6.45) is 0.520. The highest BCUT2D eigenvalue weighted by Gasteiger charge is 2.32. The van der Waals surface area contributed by atoms with Gasteiger partial charge >= 0.3 is 12.1 Å². The van der Waals surface area contributed by atoms with Gasteiger partial charge in [-0.15, -0.1) is 0 Å². The number of hydrogen-bond donors (Lipinski definition) is 1. The molecule has 1 heterocycles. The number of para-hydroxylation sites is 2. The molecule has 15 heteroatoms. The highest BCUT2D eigenvalue weighted by Crippen LogP contribution is 2.46. The molecule has 3 aromatic rings. The molecule has 46 heavy (non-hydrogen) atoms. The van der Waals surface area contributed by atoms with Crippen LogP contribution in [0.25, 0.3) is 0 Å². The number of halogens is 2. The minimum Gasteiger partial charge on any atom is -0.495 e. The molecule has 2 N–H and O–H groups in total. The lowest BCUT2D eigenvalue weighted by Crippen LogP contribution is -2.46. The van der Waals surface area contributed by atoms with Crippen molar-refractivity contribution < 1.29 is 28.5 Å². The fraction of sp³-hybridized carbons (Fsp3) is 0.419. The second-order valence-corrected chi connectivity index (χ2v) is 18.7. The number of urea groups is 1. The van der Waals surface area contributed by atoms with Crippen LogP contribution in [0.3, 0.4) is 0 Å². The van der Waals surface area contributed by atoms with Crippen LogP contribution < -0.4 is 29.9 Å². The number of nitrogen functional groups attached to an aromatic ring is 1. The quantitative estimate of drug-likeness (QED) is 0.129. The van der Waals surface area contributed by atoms with Crippen molar-refractivity contribution in [2.75, 3.05) is 48.4 Å². The van der Waals surface area contributed by atoms with E-state index < -0.39 is 25.8 Å². The molecule has 0 saturated carbocycles. The summed E-state index contributed by atoms with van der Waals surface area (Å²) in [5.74, 6) is 0.661. The summed E-state index contributed by atoms with van der Waals surface area (Å²) in [5.41, 5.74) is 6.22. The summed E-state index contributed by atoms with van der Waals surface area (Å²) in [4.78, 5) is 40.3. The van der Waals surface area contributed by atoms with Gasteiger partial charge in [-0.05, 0) is 39.8 Å². The Hall–Kier alpha value is -3.78. The van der Waals surface area contributed by atoms with Crippen molar-refractivity contribution in [2.45, 2.75) is 58.7 Å². The minimum atomic E-state index is -1.75. The van der Waals surface area contributed by atoms with Gasteiger partial charge in [0.2, 0.25) is 0 Å². The molecule has 0 radical (unpaired) electrons. The van der Waals surface area contributed by atoms with Gasteiger partial charge in [-0.2, -0.15) is 0 Å². The lowest BCUT2D eigenvalue weighted by Gasteiger charge is -2.32. The first-order chi connectivity index (χ1) is 21.4. The molecule has 1 unspecified atom stereocenters. The highest BCUT2D eigenvalue weighted by molar-refractivity contribution is 6.77. The number of nitrogens with zero attached hydrogens (tertiary/aromatic N) is 5. The molecular weight excluding hydrogens is 651 g/mol. The minimum absolute atomic E-state index is 0.0818. The molecule has 0 aliphatic heterocycles. The summed E-state index contributed by atoms with van der Waals surface area (Å²) in [6.45, 7) is 13.6. The monoisotopic (exact) mass is 692 g/mol. The Labute approximate surface area is 281 Å². The number of nitrogens with two attached hydrogens (primary N) is 1. The van der Waals surface area contributed by atoms with Crippen LogP contribution in [0.15, 0.2) is 42.7 Å². The van der Waals surface area contributed by atoms with E-state index in [1.807, 2.05) is 6.92 Å². The molecule has 1 atom stereocenters. The average molecular weight is 694 g/mol. The van der Waals surface area contributed by atoms with Crippen LogP contribution in [0.2, 0.25) is 29.7 Å². The maximum atomic E-state index is 14.3. The van der Waals surface area contributed by atoms with Crippen LogP contribution in [0.4, 0.5) is 38.3 Å². The zero-order valence-electron chi connectivity index (χ0n) is 27.8. The number of amides is 3. The maximum absolute atomic E-state index is 14.3. The molecule has 0 spiro atoms. The third kappa shape index (κ3) is 8.52. The van der Waals surface area contributed by atoms with Crippen LogP contribution in [0, 0.1) is 0 Å². The number of hydrogen-bond acceptors (Lipinski definition) is 9. The van der Waals surface area contributed by atoms with Gasteiger partial charge in [0.15, 0.2) is 5.75 Å². The number of benzene rings is 2. The Morgan fingerprint density at radius 1 is 0.978 bits per heavy atom. The van der Waals surface area contributed by atoms with Crippen molar-refractivity contribution in [1.29, 1.82) is 0 Å². The molecule has 3 rings (SSSR count). The fourth-order valence-corrected chi connectivity index (χ4v) is 5.25. The Morgan fingerprint density at radius 3 is 2.17 bits per heavy atom. The lowest BCUT2D eigenvalue weighted by molar-refractivity contribution is 0.0598. The third-order valence-corrected chi connectivity index (χ3v) is 10.3. The van der Waals surface area contributed by atoms with E-state index in [4.69, 9.17) is 47.9 Å². The van der Waals surface area contributed by atoms with E-state index in [2.05, 4.69) is 29.6 Å². The van der Waals surface area contributed by atoms with E-state index >= 15 is 0 Å². The van der Waals surface area contributed by atoms with Crippen molar-refractivity contribution in [1.82, 2.24) is 9.97 Å². The summed E-state index contributed by atoms with van der Waals surface area (Å²) in [5, 5.41) is 0.233. The van der Waals surface area contributed by atoms with Crippen LogP contribution in [0.1, 0.15) is 27.7 Å². The zero-order chi connectivity index (χ0) is 34.6. The largest absolute Gasteiger partial charge is 0.495 e. The van der Waals surface area contributed by atoms with Gasteiger partial charge in [0.25, 0.3) is 0 Å². The van der Waals surface area contributed by atoms with Crippen LogP contribution in [0.5, 0.6) is 11.5 Å². The molecule has 1 aromatic heterocycles. The summed E-state index contributed by atoms with van der Waals surface area (Å²) >= 11 is 13.2. The van der Waals surface area contributed by atoms with Crippen LogP contribution in [-0.4, -0.2) is 69.5 Å². The van der Waals surface area contributed by atoms with Crippen molar-refractivity contribution >= 4 is 72.1 Å². The van der Waals surface area contributed by atoms with Gasteiger partial charge in [-0.3, -0.25) is 9.80 Å². The number of rotatable bonds is 10. The topological polar surface area (TPSA) is 133 Å². The molecule has 2 aromatic carbocycles. The number of ether oxygens (including phenoxy) is 4. The molecule has 0 aliphatic rings. The highest BCUT2D eigenvalue weighted by atomic mass is 35.5. The number of aromatic nitrogens is 2. The second kappa shape index (κ2) is 14.8. The summed E-state index contributed by atoms with van der Waals surface area (Å²) in [6, 6.07) is 9.25. The Balaban J connectivity index is 2.12. The number of carbonyl (C=O) groups is 2. The molecule has 0 saturated heterocycles. The van der Waals surface area contributed by atoms with Crippen LogP contribution in [-0.2, 0) is 9.47 Å². The van der Waals surface area contributed by atoms with Gasteiger partial charge in [0, 0.05) is 24.9 Å². The smallest absolute Gasteiger partial charge is 0.420 e.